The predicted molar refractivity (Wildman–Crippen MR) is 89.9 cm³/mol. The number of imidazole rings is 1. The summed E-state index contributed by atoms with van der Waals surface area (Å²) in [6, 6.07) is 0. The van der Waals surface area contributed by atoms with Crippen LogP contribution in [0.1, 0.15) is 31.5 Å². The van der Waals surface area contributed by atoms with Crippen LogP contribution in [0.15, 0.2) is 12.4 Å². The number of hydrogen-bond donors (Lipinski definition) is 1. The Morgan fingerprint density at radius 3 is 2.70 bits per heavy atom. The summed E-state index contributed by atoms with van der Waals surface area (Å²) in [5.74, 6) is 1.28. The molecule has 6 nitrogen and oxygen atoms in total. The summed E-state index contributed by atoms with van der Waals surface area (Å²) in [7, 11) is 3.78. The molecule has 0 atom stereocenters. The maximum absolute atomic E-state index is 11.5. The SMILES string of the molecule is CNC(=O)CN1CCC2(CCCN(Cc3nccn3C)C2)CC1. The fraction of sp³-hybridized carbons (Fsp3) is 0.765. The molecule has 0 saturated carbocycles. The van der Waals surface area contributed by atoms with Gasteiger partial charge in [-0.2, -0.15) is 0 Å². The largest absolute Gasteiger partial charge is 0.358 e. The van der Waals surface area contributed by atoms with Crippen molar-refractivity contribution < 1.29 is 4.79 Å². The van der Waals surface area contributed by atoms with Crippen LogP contribution in [0.3, 0.4) is 0 Å². The standard InChI is InChI=1S/C17H29N5O/c1-18-16(23)13-21-9-5-17(6-10-21)4-3-8-22(14-17)12-15-19-7-11-20(15)2/h7,11H,3-6,8-10,12-14H2,1-2H3,(H,18,23). The highest BCUT2D eigenvalue weighted by Crippen LogP contribution is 2.40. The number of nitrogens with one attached hydrogen (secondary N) is 1. The predicted octanol–water partition coefficient (Wildman–Crippen LogP) is 0.844. The second kappa shape index (κ2) is 7.01. The molecule has 2 aliphatic rings. The second-order valence-corrected chi connectivity index (χ2v) is 7.22. The van der Waals surface area contributed by atoms with Gasteiger partial charge in [0.15, 0.2) is 0 Å². The van der Waals surface area contributed by atoms with Crippen LogP contribution < -0.4 is 5.32 Å². The van der Waals surface area contributed by atoms with E-state index < -0.39 is 0 Å². The Bertz CT molecular complexity index is 533. The monoisotopic (exact) mass is 319 g/mol. The fourth-order valence-electron chi connectivity index (χ4n) is 4.07. The van der Waals surface area contributed by atoms with Gasteiger partial charge in [-0.15, -0.1) is 0 Å². The van der Waals surface area contributed by atoms with E-state index in [4.69, 9.17) is 0 Å². The van der Waals surface area contributed by atoms with Gasteiger partial charge in [-0.25, -0.2) is 4.98 Å². The van der Waals surface area contributed by atoms with E-state index in [-0.39, 0.29) is 5.91 Å². The second-order valence-electron chi connectivity index (χ2n) is 7.22. The van der Waals surface area contributed by atoms with E-state index in [0.29, 0.717) is 12.0 Å². The first-order valence-corrected chi connectivity index (χ1v) is 8.72. The van der Waals surface area contributed by atoms with Crippen molar-refractivity contribution in [3.8, 4) is 0 Å². The first-order chi connectivity index (χ1) is 11.1. The molecule has 2 saturated heterocycles. The summed E-state index contributed by atoms with van der Waals surface area (Å²) in [4.78, 5) is 20.9. The highest BCUT2D eigenvalue weighted by molar-refractivity contribution is 5.77. The van der Waals surface area contributed by atoms with Crippen molar-refractivity contribution in [1.29, 1.82) is 0 Å². The van der Waals surface area contributed by atoms with Crippen molar-refractivity contribution in [2.75, 3.05) is 39.8 Å². The number of nitrogens with zero attached hydrogens (tertiary/aromatic N) is 4. The summed E-state index contributed by atoms with van der Waals surface area (Å²) in [6.45, 7) is 5.94. The van der Waals surface area contributed by atoms with E-state index >= 15 is 0 Å². The Morgan fingerprint density at radius 1 is 1.26 bits per heavy atom. The fourth-order valence-corrected chi connectivity index (χ4v) is 4.07. The first kappa shape index (κ1) is 16.5. The molecule has 0 bridgehead atoms. The number of rotatable bonds is 4. The molecule has 2 fully saturated rings. The zero-order chi connectivity index (χ0) is 16.3. The maximum atomic E-state index is 11.5. The van der Waals surface area contributed by atoms with E-state index in [9.17, 15) is 4.79 Å². The van der Waals surface area contributed by atoms with Crippen molar-refractivity contribution in [2.24, 2.45) is 12.5 Å². The molecule has 0 radical (unpaired) electrons. The average Bonchev–Trinajstić information content (AvgIpc) is 2.95. The first-order valence-electron chi connectivity index (χ1n) is 8.72. The van der Waals surface area contributed by atoms with Crippen LogP contribution in [-0.2, 0) is 18.4 Å². The molecular weight excluding hydrogens is 290 g/mol. The molecule has 128 valence electrons. The number of amides is 1. The van der Waals surface area contributed by atoms with Crippen LogP contribution in [0.4, 0.5) is 0 Å². The number of hydrogen-bond acceptors (Lipinski definition) is 4. The van der Waals surface area contributed by atoms with Gasteiger partial charge in [0.2, 0.25) is 5.91 Å². The smallest absolute Gasteiger partial charge is 0.233 e. The molecule has 6 heteroatoms. The number of carbonyl (C=O) groups is 1. The van der Waals surface area contributed by atoms with Gasteiger partial charge in [-0.05, 0) is 50.7 Å². The van der Waals surface area contributed by atoms with E-state index in [0.717, 1.165) is 25.5 Å². The molecule has 0 aromatic carbocycles. The normalized spacial score (nSPS) is 22.3. The van der Waals surface area contributed by atoms with Gasteiger partial charge in [-0.1, -0.05) is 0 Å². The molecule has 1 amide bonds. The molecule has 0 aliphatic carbocycles. The highest BCUT2D eigenvalue weighted by Gasteiger charge is 2.38. The molecule has 3 rings (SSSR count). The lowest BCUT2D eigenvalue weighted by Gasteiger charge is -2.47. The minimum absolute atomic E-state index is 0.126. The molecule has 0 unspecified atom stereocenters. The maximum Gasteiger partial charge on any atom is 0.233 e. The Morgan fingerprint density at radius 2 is 2.04 bits per heavy atom. The molecule has 1 aromatic rings. The van der Waals surface area contributed by atoms with Gasteiger partial charge < -0.3 is 9.88 Å². The minimum atomic E-state index is 0.126. The Labute approximate surface area is 138 Å². The Balaban J connectivity index is 1.54. The summed E-state index contributed by atoms with van der Waals surface area (Å²) in [5.41, 5.74) is 0.447. The number of carbonyl (C=O) groups excluding carboxylic acids is 1. The van der Waals surface area contributed by atoms with Gasteiger partial charge in [0.1, 0.15) is 5.82 Å². The van der Waals surface area contributed by atoms with Gasteiger partial charge in [-0.3, -0.25) is 14.6 Å². The molecular formula is C17H29N5O. The van der Waals surface area contributed by atoms with Crippen LogP contribution in [0.2, 0.25) is 0 Å². The lowest BCUT2D eigenvalue weighted by atomic mass is 9.72. The van der Waals surface area contributed by atoms with Crippen LogP contribution in [-0.4, -0.2) is 65.0 Å². The van der Waals surface area contributed by atoms with Crippen LogP contribution in [0.25, 0.3) is 0 Å². The summed E-state index contributed by atoms with van der Waals surface area (Å²) < 4.78 is 2.12. The number of aromatic nitrogens is 2. The molecule has 3 heterocycles. The molecule has 1 N–H and O–H groups in total. The summed E-state index contributed by atoms with van der Waals surface area (Å²) in [6.07, 6.45) is 8.93. The number of likely N-dealkylation sites (N-methyl/N-ethyl adjacent to an activating group) is 1. The number of piperidine rings is 2. The molecule has 2 aliphatic heterocycles. The quantitative estimate of drug-likeness (QED) is 0.894. The van der Waals surface area contributed by atoms with Crippen LogP contribution in [0, 0.1) is 5.41 Å². The third kappa shape index (κ3) is 3.93. The lowest BCUT2D eigenvalue weighted by molar-refractivity contribution is -0.122. The van der Waals surface area contributed by atoms with Crippen molar-refractivity contribution in [1.82, 2.24) is 24.7 Å². The van der Waals surface area contributed by atoms with Gasteiger partial charge >= 0.3 is 0 Å². The van der Waals surface area contributed by atoms with Crippen LogP contribution in [0.5, 0.6) is 0 Å². The van der Waals surface area contributed by atoms with Crippen molar-refractivity contribution in [3.05, 3.63) is 18.2 Å². The van der Waals surface area contributed by atoms with Gasteiger partial charge in [0, 0.05) is 33.0 Å². The van der Waals surface area contributed by atoms with Crippen LogP contribution >= 0.6 is 0 Å². The molecule has 1 spiro atoms. The van der Waals surface area contributed by atoms with Gasteiger partial charge in [0.05, 0.1) is 13.1 Å². The number of aryl methyl sites for hydroxylation is 1. The molecule has 1 aromatic heterocycles. The van der Waals surface area contributed by atoms with Crippen molar-refractivity contribution >= 4 is 5.91 Å². The zero-order valence-electron chi connectivity index (χ0n) is 14.4. The average molecular weight is 319 g/mol. The van der Waals surface area contributed by atoms with Gasteiger partial charge in [0.25, 0.3) is 0 Å². The minimum Gasteiger partial charge on any atom is -0.358 e. The van der Waals surface area contributed by atoms with Crippen molar-refractivity contribution in [2.45, 2.75) is 32.2 Å². The third-order valence-electron chi connectivity index (χ3n) is 5.59. The third-order valence-corrected chi connectivity index (χ3v) is 5.59. The molecule has 23 heavy (non-hydrogen) atoms. The van der Waals surface area contributed by atoms with Crippen molar-refractivity contribution in [3.63, 3.8) is 0 Å². The Kier molecular flexibility index (Phi) is 5.02. The zero-order valence-corrected chi connectivity index (χ0v) is 14.4. The Hall–Kier alpha value is -1.40. The lowest BCUT2D eigenvalue weighted by Crippen LogP contribution is -2.50. The topological polar surface area (TPSA) is 53.4 Å². The highest BCUT2D eigenvalue weighted by atomic mass is 16.1. The summed E-state index contributed by atoms with van der Waals surface area (Å²) in [5, 5.41) is 2.72. The van der Waals surface area contributed by atoms with E-state index in [2.05, 4.69) is 31.7 Å². The van der Waals surface area contributed by atoms with E-state index in [1.54, 1.807) is 7.05 Å². The summed E-state index contributed by atoms with van der Waals surface area (Å²) >= 11 is 0. The number of likely N-dealkylation sites (tertiary alicyclic amines) is 2. The van der Waals surface area contributed by atoms with E-state index in [1.165, 1.54) is 38.8 Å². The van der Waals surface area contributed by atoms with E-state index in [1.807, 2.05) is 12.4 Å².